The van der Waals surface area contributed by atoms with Crippen LogP contribution in [0, 0.1) is 5.82 Å². The Hall–Kier alpha value is -1.81. The fourth-order valence-electron chi connectivity index (χ4n) is 1.42. The second kappa shape index (κ2) is 6.21. The molecule has 2 rings (SSSR count). The van der Waals surface area contributed by atoms with Crippen LogP contribution in [0.4, 0.5) is 4.39 Å². The van der Waals surface area contributed by atoms with Gasteiger partial charge in [-0.25, -0.2) is 4.39 Å². The van der Waals surface area contributed by atoms with Crippen LogP contribution in [0.15, 0.2) is 54.2 Å². The van der Waals surface area contributed by atoms with E-state index in [1.165, 1.54) is 12.1 Å². The molecule has 0 aliphatic carbocycles. The summed E-state index contributed by atoms with van der Waals surface area (Å²) in [6, 6.07) is 9.72. The van der Waals surface area contributed by atoms with Gasteiger partial charge in [0.1, 0.15) is 5.82 Å². The lowest BCUT2D eigenvalue weighted by atomic mass is 10.2. The number of hydrogen-bond donors (Lipinski definition) is 0. The molecular weight excluding hydrogens is 249 g/mol. The van der Waals surface area contributed by atoms with Gasteiger partial charge in [0.05, 0.1) is 16.6 Å². The number of rotatable bonds is 4. The molecule has 0 aliphatic rings. The highest BCUT2D eigenvalue weighted by atomic mass is 32.2. The van der Waals surface area contributed by atoms with Gasteiger partial charge in [0.15, 0.2) is 0 Å². The van der Waals surface area contributed by atoms with Crippen LogP contribution in [0.2, 0.25) is 0 Å². The minimum atomic E-state index is -1.10. The summed E-state index contributed by atoms with van der Waals surface area (Å²) in [6.07, 6.45) is 5.16. The Morgan fingerprint density at radius 3 is 2.44 bits per heavy atom. The Balaban J connectivity index is 1.97. The first-order chi connectivity index (χ1) is 8.74. The lowest BCUT2D eigenvalue weighted by molar-refractivity contribution is 0.627. The summed E-state index contributed by atoms with van der Waals surface area (Å²) in [5.74, 6) is 0.110. The lowest BCUT2D eigenvalue weighted by Gasteiger charge is -1.98. The normalized spacial score (nSPS) is 12.7. The van der Waals surface area contributed by atoms with E-state index in [0.717, 1.165) is 11.1 Å². The molecule has 1 aromatic heterocycles. The minimum Gasteiger partial charge on any atom is -0.265 e. The first-order valence-corrected chi connectivity index (χ1v) is 6.82. The number of nitrogens with zero attached hydrogens (tertiary/aromatic N) is 1. The molecule has 1 unspecified atom stereocenters. The van der Waals surface area contributed by atoms with Crippen LogP contribution in [0.1, 0.15) is 11.1 Å². The van der Waals surface area contributed by atoms with Crippen LogP contribution in [-0.4, -0.2) is 9.19 Å². The zero-order valence-corrected chi connectivity index (χ0v) is 10.4. The van der Waals surface area contributed by atoms with Crippen molar-refractivity contribution in [1.82, 2.24) is 4.98 Å². The zero-order valence-electron chi connectivity index (χ0n) is 9.62. The van der Waals surface area contributed by atoms with Crippen molar-refractivity contribution in [2.24, 2.45) is 0 Å². The van der Waals surface area contributed by atoms with E-state index in [-0.39, 0.29) is 5.82 Å². The Kier molecular flexibility index (Phi) is 4.36. The van der Waals surface area contributed by atoms with E-state index in [1.807, 2.05) is 12.1 Å². The van der Waals surface area contributed by atoms with Crippen LogP contribution in [-0.2, 0) is 16.6 Å². The third-order valence-corrected chi connectivity index (χ3v) is 3.40. The van der Waals surface area contributed by atoms with Crippen molar-refractivity contribution in [2.75, 3.05) is 0 Å². The molecule has 0 bridgehead atoms. The molecular formula is C14H12FNOS. The summed E-state index contributed by atoms with van der Waals surface area (Å²) in [5, 5.41) is 1.64. The van der Waals surface area contributed by atoms with Crippen molar-refractivity contribution in [2.45, 2.75) is 5.75 Å². The summed E-state index contributed by atoms with van der Waals surface area (Å²) in [7, 11) is -1.10. The molecule has 0 fully saturated rings. The van der Waals surface area contributed by atoms with Crippen LogP contribution in [0.25, 0.3) is 6.08 Å². The number of hydrogen-bond acceptors (Lipinski definition) is 2. The van der Waals surface area contributed by atoms with Crippen molar-refractivity contribution >= 4 is 16.9 Å². The van der Waals surface area contributed by atoms with Gasteiger partial charge in [-0.1, -0.05) is 12.1 Å². The molecule has 2 nitrogen and oxygen atoms in total. The topological polar surface area (TPSA) is 30.0 Å². The van der Waals surface area contributed by atoms with E-state index < -0.39 is 10.8 Å². The van der Waals surface area contributed by atoms with Crippen molar-refractivity contribution in [3.8, 4) is 0 Å². The summed E-state index contributed by atoms with van der Waals surface area (Å²) >= 11 is 0. The van der Waals surface area contributed by atoms with Gasteiger partial charge in [0, 0.05) is 17.8 Å². The van der Waals surface area contributed by atoms with Gasteiger partial charge in [0.25, 0.3) is 0 Å². The van der Waals surface area contributed by atoms with E-state index in [9.17, 15) is 8.60 Å². The average molecular weight is 261 g/mol. The molecule has 0 amide bonds. The van der Waals surface area contributed by atoms with Crippen LogP contribution < -0.4 is 0 Å². The molecule has 1 heterocycles. The van der Waals surface area contributed by atoms with Crippen LogP contribution in [0.5, 0.6) is 0 Å². The van der Waals surface area contributed by atoms with Gasteiger partial charge >= 0.3 is 0 Å². The number of benzene rings is 1. The van der Waals surface area contributed by atoms with E-state index in [1.54, 1.807) is 36.0 Å². The first kappa shape index (κ1) is 12.6. The smallest absolute Gasteiger partial charge is 0.123 e. The summed E-state index contributed by atoms with van der Waals surface area (Å²) in [5.41, 5.74) is 1.81. The summed E-state index contributed by atoms with van der Waals surface area (Å²) in [4.78, 5) is 3.90. The number of halogens is 1. The molecule has 92 valence electrons. The Morgan fingerprint density at radius 2 is 1.78 bits per heavy atom. The van der Waals surface area contributed by atoms with E-state index in [0.29, 0.717) is 5.75 Å². The second-order valence-corrected chi connectivity index (χ2v) is 5.06. The molecule has 0 aliphatic heterocycles. The van der Waals surface area contributed by atoms with Gasteiger partial charge in [-0.2, -0.15) is 0 Å². The third kappa shape index (κ3) is 3.89. The summed E-state index contributed by atoms with van der Waals surface area (Å²) < 4.78 is 24.5. The van der Waals surface area contributed by atoms with Gasteiger partial charge in [-0.05, 0) is 41.5 Å². The molecule has 0 saturated carbocycles. The van der Waals surface area contributed by atoms with E-state index in [4.69, 9.17) is 0 Å². The molecule has 0 radical (unpaired) electrons. The second-order valence-electron chi connectivity index (χ2n) is 3.73. The standard InChI is InChI=1S/C14H12FNOS/c15-14-3-1-13(2-4-14)11-18(17)10-7-12-5-8-16-9-6-12/h1-10H,11H2. The van der Waals surface area contributed by atoms with Gasteiger partial charge in [-0.3, -0.25) is 9.19 Å². The van der Waals surface area contributed by atoms with E-state index >= 15 is 0 Å². The summed E-state index contributed by atoms with van der Waals surface area (Å²) in [6.45, 7) is 0. The highest BCUT2D eigenvalue weighted by Gasteiger charge is 1.98. The van der Waals surface area contributed by atoms with Gasteiger partial charge in [0.2, 0.25) is 0 Å². The largest absolute Gasteiger partial charge is 0.265 e. The average Bonchev–Trinajstić information content (AvgIpc) is 2.40. The molecule has 2 aromatic rings. The molecule has 0 N–H and O–H groups in total. The van der Waals surface area contributed by atoms with Crippen molar-refractivity contribution in [1.29, 1.82) is 0 Å². The highest BCUT2D eigenvalue weighted by Crippen LogP contribution is 2.08. The van der Waals surface area contributed by atoms with E-state index in [2.05, 4.69) is 4.98 Å². The molecule has 0 saturated heterocycles. The van der Waals surface area contributed by atoms with Gasteiger partial charge in [-0.15, -0.1) is 0 Å². The highest BCUT2D eigenvalue weighted by molar-refractivity contribution is 7.87. The first-order valence-electron chi connectivity index (χ1n) is 5.44. The fourth-order valence-corrected chi connectivity index (χ4v) is 2.35. The maximum absolute atomic E-state index is 12.7. The minimum absolute atomic E-state index is 0.281. The molecule has 0 spiro atoms. The predicted octanol–water partition coefficient (Wildman–Crippen LogP) is 3.14. The number of pyridine rings is 1. The maximum Gasteiger partial charge on any atom is 0.123 e. The van der Waals surface area contributed by atoms with Crippen LogP contribution in [0.3, 0.4) is 0 Å². The monoisotopic (exact) mass is 261 g/mol. The van der Waals surface area contributed by atoms with Crippen molar-refractivity contribution in [3.05, 3.63) is 71.1 Å². The zero-order chi connectivity index (χ0) is 12.8. The Bertz CT molecular complexity index is 552. The Labute approximate surface area is 108 Å². The predicted molar refractivity (Wildman–Crippen MR) is 71.5 cm³/mol. The SMILES string of the molecule is O=S(C=Cc1ccncc1)Cc1ccc(F)cc1. The molecule has 1 atom stereocenters. The van der Waals surface area contributed by atoms with Crippen LogP contribution >= 0.6 is 0 Å². The maximum atomic E-state index is 12.7. The molecule has 18 heavy (non-hydrogen) atoms. The quantitative estimate of drug-likeness (QED) is 0.846. The van der Waals surface area contributed by atoms with Crippen molar-refractivity contribution in [3.63, 3.8) is 0 Å². The fraction of sp³-hybridized carbons (Fsp3) is 0.0714. The van der Waals surface area contributed by atoms with Gasteiger partial charge < -0.3 is 0 Å². The molecule has 1 aromatic carbocycles. The molecule has 4 heteroatoms. The van der Waals surface area contributed by atoms with Crippen molar-refractivity contribution < 1.29 is 8.60 Å². The Morgan fingerprint density at radius 1 is 1.11 bits per heavy atom. The third-order valence-electron chi connectivity index (χ3n) is 2.34. The lowest BCUT2D eigenvalue weighted by Crippen LogP contribution is -1.91. The number of aromatic nitrogens is 1.